The van der Waals surface area contributed by atoms with Crippen LogP contribution in [-0.4, -0.2) is 10.2 Å². The molecular weight excluding hydrogens is 261 g/mol. The predicted octanol–water partition coefficient (Wildman–Crippen LogP) is 4.95. The van der Waals surface area contributed by atoms with Crippen LogP contribution in [-0.2, 0) is 5.75 Å². The molecule has 0 bridgehead atoms. The Labute approximate surface area is 111 Å². The molecule has 1 nitrogen and oxygen atoms in total. The van der Waals surface area contributed by atoms with Crippen molar-refractivity contribution in [3.05, 3.63) is 28.0 Å². The summed E-state index contributed by atoms with van der Waals surface area (Å²) in [4.78, 5) is 4.07. The number of pyridine rings is 1. The lowest BCUT2D eigenvalue weighted by Crippen LogP contribution is -2.08. The van der Waals surface area contributed by atoms with E-state index in [1.54, 1.807) is 12.3 Å². The lowest BCUT2D eigenvalue weighted by molar-refractivity contribution is 0.516. The first-order valence-electron chi connectivity index (χ1n) is 5.67. The SMILES string of the molecule is Clc1cc(Cl)c(CSC2CCCCC2)cn1. The van der Waals surface area contributed by atoms with Crippen LogP contribution in [0.15, 0.2) is 12.3 Å². The maximum absolute atomic E-state index is 6.11. The van der Waals surface area contributed by atoms with E-state index in [1.807, 2.05) is 11.8 Å². The van der Waals surface area contributed by atoms with E-state index in [0.717, 1.165) is 21.6 Å². The van der Waals surface area contributed by atoms with Crippen molar-refractivity contribution in [2.45, 2.75) is 43.1 Å². The van der Waals surface area contributed by atoms with E-state index in [-0.39, 0.29) is 0 Å². The summed E-state index contributed by atoms with van der Waals surface area (Å²) >= 11 is 13.9. The second kappa shape index (κ2) is 6.13. The van der Waals surface area contributed by atoms with Crippen LogP contribution in [0, 0.1) is 0 Å². The molecule has 0 N–H and O–H groups in total. The van der Waals surface area contributed by atoms with E-state index in [2.05, 4.69) is 4.98 Å². The standard InChI is InChI=1S/C12H15Cl2NS/c13-11-6-12(14)15-7-9(11)8-16-10-4-2-1-3-5-10/h6-7,10H,1-5,8H2. The smallest absolute Gasteiger partial charge is 0.130 e. The Morgan fingerprint density at radius 1 is 1.25 bits per heavy atom. The number of halogens is 2. The van der Waals surface area contributed by atoms with Crippen molar-refractivity contribution in [2.24, 2.45) is 0 Å². The molecule has 16 heavy (non-hydrogen) atoms. The van der Waals surface area contributed by atoms with Crippen LogP contribution in [0.3, 0.4) is 0 Å². The zero-order valence-corrected chi connectivity index (χ0v) is 11.4. The third-order valence-corrected chi connectivity index (χ3v) is 4.90. The minimum absolute atomic E-state index is 0.469. The molecule has 0 atom stereocenters. The normalized spacial score (nSPS) is 17.6. The fourth-order valence-electron chi connectivity index (χ4n) is 1.98. The first kappa shape index (κ1) is 12.5. The first-order valence-corrected chi connectivity index (χ1v) is 7.47. The molecule has 1 aromatic heterocycles. The van der Waals surface area contributed by atoms with Crippen LogP contribution in [0.25, 0.3) is 0 Å². The van der Waals surface area contributed by atoms with Crippen LogP contribution >= 0.6 is 35.0 Å². The zero-order chi connectivity index (χ0) is 11.4. The van der Waals surface area contributed by atoms with Crippen LogP contribution < -0.4 is 0 Å². The Kier molecular flexibility index (Phi) is 4.80. The number of nitrogens with zero attached hydrogens (tertiary/aromatic N) is 1. The van der Waals surface area contributed by atoms with Crippen molar-refractivity contribution in [2.75, 3.05) is 0 Å². The number of rotatable bonds is 3. The van der Waals surface area contributed by atoms with Crippen molar-refractivity contribution >= 4 is 35.0 Å². The number of hydrogen-bond donors (Lipinski definition) is 0. The summed E-state index contributed by atoms with van der Waals surface area (Å²) in [6.45, 7) is 0. The van der Waals surface area contributed by atoms with Crippen LogP contribution in [0.4, 0.5) is 0 Å². The van der Waals surface area contributed by atoms with Gasteiger partial charge in [0.1, 0.15) is 5.15 Å². The van der Waals surface area contributed by atoms with E-state index in [0.29, 0.717) is 5.15 Å². The summed E-state index contributed by atoms with van der Waals surface area (Å²) < 4.78 is 0. The van der Waals surface area contributed by atoms with Gasteiger partial charge in [-0.2, -0.15) is 11.8 Å². The van der Waals surface area contributed by atoms with Crippen molar-refractivity contribution < 1.29 is 0 Å². The predicted molar refractivity (Wildman–Crippen MR) is 72.4 cm³/mol. The van der Waals surface area contributed by atoms with E-state index in [9.17, 15) is 0 Å². The lowest BCUT2D eigenvalue weighted by Gasteiger charge is -2.21. The van der Waals surface area contributed by atoms with Gasteiger partial charge < -0.3 is 0 Å². The topological polar surface area (TPSA) is 12.9 Å². The summed E-state index contributed by atoms with van der Waals surface area (Å²) in [7, 11) is 0. The van der Waals surface area contributed by atoms with Gasteiger partial charge in [-0.1, -0.05) is 42.5 Å². The van der Waals surface area contributed by atoms with Gasteiger partial charge in [0.05, 0.1) is 0 Å². The summed E-state index contributed by atoms with van der Waals surface area (Å²) in [6, 6.07) is 1.72. The molecule has 1 heterocycles. The van der Waals surface area contributed by atoms with Crippen molar-refractivity contribution in [1.29, 1.82) is 0 Å². The number of hydrogen-bond acceptors (Lipinski definition) is 2. The first-order chi connectivity index (χ1) is 7.75. The monoisotopic (exact) mass is 275 g/mol. The Hall–Kier alpha value is 0.0800. The molecule has 2 rings (SSSR count). The molecule has 0 unspecified atom stereocenters. The molecule has 0 saturated heterocycles. The summed E-state index contributed by atoms with van der Waals surface area (Å²) in [5, 5.41) is 2.01. The van der Waals surface area contributed by atoms with Crippen LogP contribution in [0.2, 0.25) is 10.2 Å². The summed E-state index contributed by atoms with van der Waals surface area (Å²) in [5.74, 6) is 0.952. The molecule has 1 aliphatic rings. The number of aromatic nitrogens is 1. The average molecular weight is 276 g/mol. The third kappa shape index (κ3) is 3.54. The lowest BCUT2D eigenvalue weighted by atomic mass is 10.0. The molecule has 0 aliphatic heterocycles. The average Bonchev–Trinajstić information content (AvgIpc) is 2.29. The second-order valence-electron chi connectivity index (χ2n) is 4.17. The van der Waals surface area contributed by atoms with Gasteiger partial charge in [0, 0.05) is 22.2 Å². The molecule has 0 spiro atoms. The van der Waals surface area contributed by atoms with E-state index < -0.39 is 0 Å². The van der Waals surface area contributed by atoms with E-state index in [4.69, 9.17) is 23.2 Å². The fraction of sp³-hybridized carbons (Fsp3) is 0.583. The molecule has 0 aromatic carbocycles. The van der Waals surface area contributed by atoms with Gasteiger partial charge in [0.15, 0.2) is 0 Å². The largest absolute Gasteiger partial charge is 0.244 e. The van der Waals surface area contributed by atoms with Gasteiger partial charge in [0.2, 0.25) is 0 Å². The van der Waals surface area contributed by atoms with Crippen LogP contribution in [0.1, 0.15) is 37.7 Å². The highest BCUT2D eigenvalue weighted by molar-refractivity contribution is 7.99. The molecule has 1 saturated carbocycles. The summed E-state index contributed by atoms with van der Waals surface area (Å²) in [6.07, 6.45) is 8.65. The molecule has 1 fully saturated rings. The number of thioether (sulfide) groups is 1. The van der Waals surface area contributed by atoms with Gasteiger partial charge in [-0.15, -0.1) is 0 Å². The molecule has 1 aliphatic carbocycles. The third-order valence-electron chi connectivity index (χ3n) is 2.92. The summed E-state index contributed by atoms with van der Waals surface area (Å²) in [5.41, 5.74) is 1.10. The second-order valence-corrected chi connectivity index (χ2v) is 6.25. The van der Waals surface area contributed by atoms with Gasteiger partial charge in [0.25, 0.3) is 0 Å². The Bertz CT molecular complexity index is 351. The maximum Gasteiger partial charge on any atom is 0.130 e. The van der Waals surface area contributed by atoms with Crippen molar-refractivity contribution in [3.8, 4) is 0 Å². The minimum atomic E-state index is 0.469. The molecule has 4 heteroatoms. The van der Waals surface area contributed by atoms with E-state index >= 15 is 0 Å². The maximum atomic E-state index is 6.11. The molecule has 88 valence electrons. The van der Waals surface area contributed by atoms with E-state index in [1.165, 1.54) is 32.1 Å². The Balaban J connectivity index is 1.88. The van der Waals surface area contributed by atoms with Gasteiger partial charge in [-0.05, 0) is 24.5 Å². The molecule has 0 radical (unpaired) electrons. The molecular formula is C12H15Cl2NS. The van der Waals surface area contributed by atoms with Gasteiger partial charge in [-0.25, -0.2) is 4.98 Å². The Morgan fingerprint density at radius 2 is 2.00 bits per heavy atom. The molecule has 1 aromatic rings. The Morgan fingerprint density at radius 3 is 2.69 bits per heavy atom. The van der Waals surface area contributed by atoms with Crippen molar-refractivity contribution in [3.63, 3.8) is 0 Å². The van der Waals surface area contributed by atoms with Crippen LogP contribution in [0.5, 0.6) is 0 Å². The van der Waals surface area contributed by atoms with Gasteiger partial charge >= 0.3 is 0 Å². The highest BCUT2D eigenvalue weighted by Crippen LogP contribution is 2.32. The zero-order valence-electron chi connectivity index (χ0n) is 9.09. The highest BCUT2D eigenvalue weighted by atomic mass is 35.5. The fourth-order valence-corrected chi connectivity index (χ4v) is 3.81. The van der Waals surface area contributed by atoms with Crippen molar-refractivity contribution in [1.82, 2.24) is 4.98 Å². The minimum Gasteiger partial charge on any atom is -0.244 e. The quantitative estimate of drug-likeness (QED) is 0.724. The highest BCUT2D eigenvalue weighted by Gasteiger charge is 2.14. The molecule has 0 amide bonds. The van der Waals surface area contributed by atoms with Gasteiger partial charge in [-0.3, -0.25) is 0 Å².